The lowest BCUT2D eigenvalue weighted by Crippen LogP contribution is -2.28. The van der Waals surface area contributed by atoms with Crippen molar-refractivity contribution in [3.8, 4) is 33.4 Å². The van der Waals surface area contributed by atoms with Crippen molar-refractivity contribution in [3.05, 3.63) is 251 Å². The van der Waals surface area contributed by atoms with E-state index in [1.54, 1.807) is 5.57 Å². The minimum absolute atomic E-state index is 0.0231. The quantitative estimate of drug-likeness (QED) is 0.157. The van der Waals surface area contributed by atoms with Gasteiger partial charge in [0.25, 0.3) is 0 Å². The first-order valence-electron chi connectivity index (χ1n) is 21.0. The van der Waals surface area contributed by atoms with E-state index in [2.05, 4.69) is 231 Å². The van der Waals surface area contributed by atoms with Gasteiger partial charge in [-0.1, -0.05) is 195 Å². The van der Waals surface area contributed by atoms with Crippen LogP contribution in [0, 0.1) is 0 Å². The van der Waals surface area contributed by atoms with Gasteiger partial charge in [0.15, 0.2) is 0 Å². The fraction of sp³-hybridized carbons (Fsp3) is 0.103. The fourth-order valence-electron chi connectivity index (χ4n) is 10.5. The molecule has 8 aromatic rings. The summed E-state index contributed by atoms with van der Waals surface area (Å²) in [7, 11) is 0. The molecule has 0 fully saturated rings. The van der Waals surface area contributed by atoms with Crippen LogP contribution in [0.2, 0.25) is 0 Å². The fourth-order valence-corrected chi connectivity index (χ4v) is 10.5. The van der Waals surface area contributed by atoms with Crippen LogP contribution in [0.1, 0.15) is 60.1 Å². The van der Waals surface area contributed by atoms with Crippen LogP contribution in [0.5, 0.6) is 0 Å². The maximum Gasteiger partial charge on any atom is 0.0713 e. The Morgan fingerprint density at radius 2 is 1.02 bits per heavy atom. The Kier molecular flexibility index (Phi) is 8.27. The van der Waals surface area contributed by atoms with E-state index in [1.807, 2.05) is 0 Å². The number of nitrogens with zero attached hydrogens (tertiary/aromatic N) is 1. The van der Waals surface area contributed by atoms with Crippen molar-refractivity contribution in [2.75, 3.05) is 4.90 Å². The third-order valence-corrected chi connectivity index (χ3v) is 13.3. The van der Waals surface area contributed by atoms with Crippen molar-refractivity contribution < 1.29 is 0 Å². The first-order chi connectivity index (χ1) is 29.0. The van der Waals surface area contributed by atoms with Crippen LogP contribution in [0.15, 0.2) is 218 Å². The highest BCUT2D eigenvalue weighted by Crippen LogP contribution is 2.57. The summed E-state index contributed by atoms with van der Waals surface area (Å²) in [6.07, 6.45) is 6.93. The van der Waals surface area contributed by atoms with Gasteiger partial charge < -0.3 is 4.90 Å². The maximum atomic E-state index is 2.46. The summed E-state index contributed by atoms with van der Waals surface area (Å²) in [4.78, 5) is 2.46. The largest absolute Gasteiger partial charge is 0.310 e. The molecule has 0 saturated heterocycles. The minimum Gasteiger partial charge on any atom is -0.310 e. The molecule has 0 aliphatic heterocycles. The highest BCUT2D eigenvalue weighted by Gasteiger charge is 2.46. The molecule has 0 heterocycles. The summed E-state index contributed by atoms with van der Waals surface area (Å²) in [6.45, 7) is 4.82. The average molecular weight is 756 g/mol. The van der Waals surface area contributed by atoms with Crippen molar-refractivity contribution in [3.63, 3.8) is 0 Å². The summed E-state index contributed by atoms with van der Waals surface area (Å²) in [6, 6.07) is 74.2. The lowest BCUT2D eigenvalue weighted by molar-refractivity contribution is 0.607. The van der Waals surface area contributed by atoms with Gasteiger partial charge in [0.2, 0.25) is 0 Å². The number of benzene rings is 8. The van der Waals surface area contributed by atoms with Gasteiger partial charge in [0.1, 0.15) is 0 Å². The Bertz CT molecular complexity index is 2890. The SMILES string of the molecule is CC1(C)C2=C(C=CCC2)c2ccc(N(c3ccc(-c4ccc5c(c4)-c4ccccc4C5(c4ccccc4)c4ccccc4)cc3)c3ccccc3-c3ccccc3)cc21. The van der Waals surface area contributed by atoms with Crippen molar-refractivity contribution in [2.45, 2.75) is 37.5 Å². The van der Waals surface area contributed by atoms with Crippen LogP contribution in [-0.2, 0) is 10.8 Å². The molecule has 0 bridgehead atoms. The van der Waals surface area contributed by atoms with E-state index in [9.17, 15) is 0 Å². The molecule has 0 saturated carbocycles. The molecule has 8 aromatic carbocycles. The predicted octanol–water partition coefficient (Wildman–Crippen LogP) is 15.2. The first-order valence-corrected chi connectivity index (χ1v) is 21.0. The van der Waals surface area contributed by atoms with E-state index in [0.29, 0.717) is 0 Å². The van der Waals surface area contributed by atoms with E-state index in [0.717, 1.165) is 24.2 Å². The lowest BCUT2D eigenvalue weighted by atomic mass is 9.67. The third-order valence-electron chi connectivity index (χ3n) is 13.3. The van der Waals surface area contributed by atoms with Crippen molar-refractivity contribution in [1.82, 2.24) is 0 Å². The molecule has 3 aliphatic rings. The topological polar surface area (TPSA) is 3.24 Å². The summed E-state index contributed by atoms with van der Waals surface area (Å²) in [5.41, 5.74) is 21.4. The molecule has 1 heteroatoms. The molecule has 0 spiro atoms. The molecule has 0 aromatic heterocycles. The van der Waals surface area contributed by atoms with Gasteiger partial charge >= 0.3 is 0 Å². The predicted molar refractivity (Wildman–Crippen MR) is 248 cm³/mol. The average Bonchev–Trinajstić information content (AvgIpc) is 3.73. The molecule has 0 N–H and O–H groups in total. The zero-order chi connectivity index (χ0) is 39.6. The second-order valence-electron chi connectivity index (χ2n) is 16.7. The molecule has 11 rings (SSSR count). The Labute approximate surface area is 348 Å². The standard InChI is InChI=1S/C58H45N/c1-57(2)52-27-15-12-25-48(52)50-36-35-46(39-55(50)57)59(56-29-17-14-24-47(56)41-18-6-3-7-19-41)45-33-30-40(31-34-45)42-32-37-54-51(38-42)49-26-13-16-28-53(49)58(54,43-20-8-4-9-21-43)44-22-10-5-11-23-44/h3-14,16-26,28-39H,15,27H2,1-2H3. The summed E-state index contributed by atoms with van der Waals surface area (Å²) in [5, 5.41) is 0. The molecule has 0 unspecified atom stereocenters. The van der Waals surface area contributed by atoms with Gasteiger partial charge in [-0.3, -0.25) is 0 Å². The van der Waals surface area contributed by atoms with Gasteiger partial charge in [-0.2, -0.15) is 0 Å². The van der Waals surface area contributed by atoms with Crippen LogP contribution in [-0.4, -0.2) is 0 Å². The smallest absolute Gasteiger partial charge is 0.0713 e. The van der Waals surface area contributed by atoms with Gasteiger partial charge in [-0.15, -0.1) is 0 Å². The van der Waals surface area contributed by atoms with Crippen molar-refractivity contribution in [2.24, 2.45) is 0 Å². The highest BCUT2D eigenvalue weighted by molar-refractivity contribution is 5.93. The van der Waals surface area contributed by atoms with Crippen LogP contribution in [0.4, 0.5) is 17.1 Å². The number of rotatable bonds is 7. The minimum atomic E-state index is -0.404. The Morgan fingerprint density at radius 3 is 1.75 bits per heavy atom. The monoisotopic (exact) mass is 755 g/mol. The van der Waals surface area contributed by atoms with Crippen LogP contribution in [0.3, 0.4) is 0 Å². The van der Waals surface area contributed by atoms with Crippen molar-refractivity contribution >= 4 is 22.6 Å². The summed E-state index contributed by atoms with van der Waals surface area (Å²) < 4.78 is 0. The number of fused-ring (bicyclic) bond motifs is 5. The second kappa shape index (κ2) is 13.9. The molecule has 282 valence electrons. The summed E-state index contributed by atoms with van der Waals surface area (Å²) >= 11 is 0. The Morgan fingerprint density at radius 1 is 0.424 bits per heavy atom. The van der Waals surface area contributed by atoms with Crippen molar-refractivity contribution in [1.29, 1.82) is 0 Å². The molecule has 0 amide bonds. The van der Waals surface area contributed by atoms with E-state index >= 15 is 0 Å². The van der Waals surface area contributed by atoms with E-state index in [1.165, 1.54) is 78.0 Å². The molecular weight excluding hydrogens is 711 g/mol. The molecule has 59 heavy (non-hydrogen) atoms. The highest BCUT2D eigenvalue weighted by atomic mass is 15.1. The maximum absolute atomic E-state index is 2.46. The number of para-hydroxylation sites is 1. The van der Waals surface area contributed by atoms with Gasteiger partial charge in [0, 0.05) is 22.4 Å². The zero-order valence-electron chi connectivity index (χ0n) is 33.6. The molecular formula is C58H45N. The van der Waals surface area contributed by atoms with Crippen LogP contribution < -0.4 is 4.90 Å². The normalized spacial score (nSPS) is 15.3. The Hall–Kier alpha value is -6.96. The van der Waals surface area contributed by atoms with Crippen LogP contribution >= 0.6 is 0 Å². The van der Waals surface area contributed by atoms with Gasteiger partial charge in [0.05, 0.1) is 11.1 Å². The second-order valence-corrected chi connectivity index (χ2v) is 16.7. The number of hydrogen-bond acceptors (Lipinski definition) is 1. The Balaban J connectivity index is 1.04. The van der Waals surface area contributed by atoms with E-state index in [-0.39, 0.29) is 5.41 Å². The molecule has 0 radical (unpaired) electrons. The summed E-state index contributed by atoms with van der Waals surface area (Å²) in [5.74, 6) is 0. The van der Waals surface area contributed by atoms with E-state index < -0.39 is 5.41 Å². The number of hydrogen-bond donors (Lipinski definition) is 0. The zero-order valence-corrected chi connectivity index (χ0v) is 33.6. The van der Waals surface area contributed by atoms with Gasteiger partial charge in [-0.25, -0.2) is 0 Å². The van der Waals surface area contributed by atoms with Gasteiger partial charge in [-0.05, 0) is 116 Å². The van der Waals surface area contributed by atoms with E-state index in [4.69, 9.17) is 0 Å². The number of allylic oxidation sites excluding steroid dienone is 4. The molecule has 3 aliphatic carbocycles. The van der Waals surface area contributed by atoms with Crippen LogP contribution in [0.25, 0.3) is 39.0 Å². The third kappa shape index (κ3) is 5.45. The first kappa shape index (κ1) is 35.2. The lowest BCUT2D eigenvalue weighted by Gasteiger charge is -2.33. The number of anilines is 3. The molecule has 1 nitrogen and oxygen atoms in total. The molecule has 0 atom stereocenters.